The molecule has 5 nitrogen and oxygen atoms in total. The second kappa shape index (κ2) is 5.96. The molecular weight excluding hydrogens is 319 g/mol. The fourth-order valence-electron chi connectivity index (χ4n) is 3.05. The fraction of sp³-hybridized carbons (Fsp3) is 0.438. The van der Waals surface area contributed by atoms with E-state index in [1.165, 1.54) is 22.7 Å². The molecule has 0 bridgehead atoms. The molecule has 0 aliphatic carbocycles. The topological polar surface area (TPSA) is 66.5 Å². The molecule has 1 unspecified atom stereocenters. The first kappa shape index (κ1) is 16.0. The van der Waals surface area contributed by atoms with Gasteiger partial charge in [0.2, 0.25) is 11.8 Å². The van der Waals surface area contributed by atoms with Gasteiger partial charge in [-0.3, -0.25) is 19.7 Å². The smallest absolute Gasteiger partial charge is 0.255 e. The monoisotopic (exact) mass is 336 g/mol. The second-order valence-corrected chi connectivity index (χ2v) is 6.99. The van der Waals surface area contributed by atoms with Crippen molar-refractivity contribution >= 4 is 29.5 Å². The van der Waals surface area contributed by atoms with E-state index in [0.717, 1.165) is 5.56 Å². The first-order valence-corrected chi connectivity index (χ1v) is 8.71. The lowest BCUT2D eigenvalue weighted by molar-refractivity contribution is -0.136. The molecule has 0 radical (unpaired) electrons. The van der Waals surface area contributed by atoms with Gasteiger partial charge in [-0.2, -0.15) is 11.8 Å². The number of benzene rings is 1. The molecule has 1 aromatic carbocycles. The molecular formula is C16H17FN2O3S. The number of piperidine rings is 1. The van der Waals surface area contributed by atoms with Gasteiger partial charge < -0.3 is 4.90 Å². The Morgan fingerprint density at radius 3 is 2.74 bits per heavy atom. The van der Waals surface area contributed by atoms with E-state index < -0.39 is 17.8 Å². The molecule has 1 N–H and O–H groups in total. The quantitative estimate of drug-likeness (QED) is 0.858. The first-order valence-electron chi connectivity index (χ1n) is 7.42. The summed E-state index contributed by atoms with van der Waals surface area (Å²) in [4.78, 5) is 37.2. The van der Waals surface area contributed by atoms with Gasteiger partial charge in [0.05, 0.1) is 0 Å². The molecule has 3 rings (SSSR count). The van der Waals surface area contributed by atoms with Crippen LogP contribution in [0, 0.1) is 5.82 Å². The summed E-state index contributed by atoms with van der Waals surface area (Å²) in [6.07, 6.45) is 2.42. The minimum atomic E-state index is -0.669. The van der Waals surface area contributed by atoms with Crippen LogP contribution in [0.3, 0.4) is 0 Å². The first-order chi connectivity index (χ1) is 10.9. The maximum Gasteiger partial charge on any atom is 0.255 e. The van der Waals surface area contributed by atoms with Gasteiger partial charge in [-0.15, -0.1) is 0 Å². The van der Waals surface area contributed by atoms with Gasteiger partial charge in [0, 0.05) is 29.3 Å². The highest BCUT2D eigenvalue weighted by atomic mass is 32.2. The Morgan fingerprint density at radius 2 is 2.09 bits per heavy atom. The molecule has 0 aromatic heterocycles. The van der Waals surface area contributed by atoms with Crippen LogP contribution in [-0.2, 0) is 16.1 Å². The standard InChI is InChI=1S/C16H17FN2O3S/c1-8(23-2)10-5-9-7-19(16(22)11(9)6-12(10)17)13-3-4-14(20)18-15(13)21/h5-6,8,13H,3-4,7H2,1-2H3,(H,18,20,21)/t8?,13-/m0/s1. The van der Waals surface area contributed by atoms with E-state index >= 15 is 0 Å². The van der Waals surface area contributed by atoms with Crippen LogP contribution in [0.15, 0.2) is 12.1 Å². The van der Waals surface area contributed by atoms with Gasteiger partial charge in [0.25, 0.3) is 5.91 Å². The molecule has 23 heavy (non-hydrogen) atoms. The number of imide groups is 1. The Balaban J connectivity index is 1.90. The van der Waals surface area contributed by atoms with Crippen LogP contribution in [0.4, 0.5) is 4.39 Å². The summed E-state index contributed by atoms with van der Waals surface area (Å²) >= 11 is 1.53. The van der Waals surface area contributed by atoms with Gasteiger partial charge in [-0.1, -0.05) is 0 Å². The summed E-state index contributed by atoms with van der Waals surface area (Å²) in [5, 5.41) is 2.24. The SMILES string of the molecule is CSC(C)c1cc2c(cc1F)C(=O)N([C@H]1CCC(=O)NC1=O)C2. The van der Waals surface area contributed by atoms with Crippen LogP contribution >= 0.6 is 11.8 Å². The molecule has 0 spiro atoms. The van der Waals surface area contributed by atoms with Crippen molar-refractivity contribution in [2.24, 2.45) is 0 Å². The van der Waals surface area contributed by atoms with Crippen molar-refractivity contribution in [1.82, 2.24) is 10.2 Å². The number of nitrogens with zero attached hydrogens (tertiary/aromatic N) is 1. The Kier molecular flexibility index (Phi) is 4.14. The van der Waals surface area contributed by atoms with Crippen LogP contribution in [0.2, 0.25) is 0 Å². The van der Waals surface area contributed by atoms with Crippen LogP contribution in [0.1, 0.15) is 46.5 Å². The van der Waals surface area contributed by atoms with E-state index in [0.29, 0.717) is 17.5 Å². The van der Waals surface area contributed by atoms with Crippen LogP contribution in [-0.4, -0.2) is 34.9 Å². The van der Waals surface area contributed by atoms with Crippen molar-refractivity contribution in [2.45, 2.75) is 37.6 Å². The number of rotatable bonds is 3. The van der Waals surface area contributed by atoms with Gasteiger partial charge in [-0.05, 0) is 37.3 Å². The highest BCUT2D eigenvalue weighted by Gasteiger charge is 2.39. The third-order valence-corrected chi connectivity index (χ3v) is 5.39. The lowest BCUT2D eigenvalue weighted by atomic mass is 10.0. The zero-order valence-corrected chi connectivity index (χ0v) is 13.7. The molecule has 2 heterocycles. The van der Waals surface area contributed by atoms with E-state index in [1.807, 2.05) is 13.2 Å². The molecule has 1 saturated heterocycles. The molecule has 1 aromatic rings. The van der Waals surface area contributed by atoms with Crippen LogP contribution in [0.5, 0.6) is 0 Å². The molecule has 2 aliphatic rings. The number of carbonyl (C=O) groups excluding carboxylic acids is 3. The van der Waals surface area contributed by atoms with Crippen molar-refractivity contribution in [2.75, 3.05) is 6.26 Å². The Morgan fingerprint density at radius 1 is 1.35 bits per heavy atom. The van der Waals surface area contributed by atoms with E-state index in [1.54, 1.807) is 6.07 Å². The predicted octanol–water partition coefficient (Wildman–Crippen LogP) is 2.01. The van der Waals surface area contributed by atoms with Crippen molar-refractivity contribution in [3.63, 3.8) is 0 Å². The van der Waals surface area contributed by atoms with Crippen molar-refractivity contribution in [1.29, 1.82) is 0 Å². The Hall–Kier alpha value is -1.89. The molecule has 0 saturated carbocycles. The predicted molar refractivity (Wildman–Crippen MR) is 84.4 cm³/mol. The maximum absolute atomic E-state index is 14.2. The lowest BCUT2D eigenvalue weighted by Crippen LogP contribution is -2.52. The maximum atomic E-state index is 14.2. The van der Waals surface area contributed by atoms with Crippen molar-refractivity contribution < 1.29 is 18.8 Å². The largest absolute Gasteiger partial charge is 0.322 e. The number of thioether (sulfide) groups is 1. The highest BCUT2D eigenvalue weighted by molar-refractivity contribution is 7.98. The molecule has 2 atom stereocenters. The summed E-state index contributed by atoms with van der Waals surface area (Å²) in [7, 11) is 0. The fourth-order valence-corrected chi connectivity index (χ4v) is 3.48. The van der Waals surface area contributed by atoms with Gasteiger partial charge in [-0.25, -0.2) is 4.39 Å². The van der Waals surface area contributed by atoms with Gasteiger partial charge in [0.15, 0.2) is 0 Å². The van der Waals surface area contributed by atoms with E-state index in [4.69, 9.17) is 0 Å². The summed E-state index contributed by atoms with van der Waals surface area (Å²) in [6, 6.07) is 2.32. The highest BCUT2D eigenvalue weighted by Crippen LogP contribution is 2.34. The normalized spacial score (nSPS) is 22.1. The number of fused-ring (bicyclic) bond motifs is 1. The van der Waals surface area contributed by atoms with E-state index in [9.17, 15) is 18.8 Å². The average Bonchev–Trinajstić information content (AvgIpc) is 2.82. The number of halogens is 1. The molecule has 2 aliphatic heterocycles. The molecule has 122 valence electrons. The molecule has 3 amide bonds. The second-order valence-electron chi connectivity index (χ2n) is 5.81. The Labute approximate surface area is 137 Å². The van der Waals surface area contributed by atoms with E-state index in [-0.39, 0.29) is 30.0 Å². The average molecular weight is 336 g/mol. The summed E-state index contributed by atoms with van der Waals surface area (Å²) in [6.45, 7) is 2.18. The van der Waals surface area contributed by atoms with E-state index in [2.05, 4.69) is 5.32 Å². The molecule has 7 heteroatoms. The number of amides is 3. The lowest BCUT2D eigenvalue weighted by Gasteiger charge is -2.29. The summed E-state index contributed by atoms with van der Waals surface area (Å²) in [5.74, 6) is -1.53. The Bertz CT molecular complexity index is 707. The minimum Gasteiger partial charge on any atom is -0.322 e. The van der Waals surface area contributed by atoms with Crippen molar-refractivity contribution in [3.8, 4) is 0 Å². The molecule has 1 fully saturated rings. The van der Waals surface area contributed by atoms with Crippen LogP contribution in [0.25, 0.3) is 0 Å². The number of hydrogen-bond donors (Lipinski definition) is 1. The number of carbonyl (C=O) groups is 3. The number of hydrogen-bond acceptors (Lipinski definition) is 4. The minimum absolute atomic E-state index is 0.0138. The number of nitrogens with one attached hydrogen (secondary N) is 1. The third kappa shape index (κ3) is 2.73. The van der Waals surface area contributed by atoms with Gasteiger partial charge in [0.1, 0.15) is 11.9 Å². The zero-order chi connectivity index (χ0) is 16.7. The van der Waals surface area contributed by atoms with Crippen molar-refractivity contribution in [3.05, 3.63) is 34.6 Å². The summed E-state index contributed by atoms with van der Waals surface area (Å²) in [5.41, 5.74) is 1.61. The zero-order valence-electron chi connectivity index (χ0n) is 12.9. The van der Waals surface area contributed by atoms with Gasteiger partial charge >= 0.3 is 0 Å². The third-order valence-electron chi connectivity index (χ3n) is 4.43. The van der Waals surface area contributed by atoms with Crippen LogP contribution < -0.4 is 5.32 Å². The summed E-state index contributed by atoms with van der Waals surface area (Å²) < 4.78 is 14.2.